The number of hydrogen-bond acceptors (Lipinski definition) is 6. The molecule has 2 aromatic rings. The SMILES string of the molecule is O=C([C@@H]1CC(F)(F)CN1c1nc2c(c(Nc3cc(C4CCCC4)[nH]n3)n1)CCC2)N1CCCCC1. The Morgan fingerprint density at radius 3 is 2.66 bits per heavy atom. The van der Waals surface area contributed by atoms with Crippen LogP contribution in [0.2, 0.25) is 0 Å². The maximum Gasteiger partial charge on any atom is 0.267 e. The molecule has 6 rings (SSSR count). The highest BCUT2D eigenvalue weighted by atomic mass is 19.3. The first-order valence-corrected chi connectivity index (χ1v) is 13.1. The highest BCUT2D eigenvalue weighted by Crippen LogP contribution is 2.38. The molecule has 0 spiro atoms. The van der Waals surface area contributed by atoms with Gasteiger partial charge in [-0.3, -0.25) is 9.89 Å². The predicted molar refractivity (Wildman–Crippen MR) is 128 cm³/mol. The van der Waals surface area contributed by atoms with Gasteiger partial charge in [0.05, 0.1) is 12.2 Å². The number of aromatic nitrogens is 4. The van der Waals surface area contributed by atoms with Crippen molar-refractivity contribution >= 4 is 23.5 Å². The molecule has 10 heteroatoms. The summed E-state index contributed by atoms with van der Waals surface area (Å²) in [4.78, 5) is 25.9. The maximum atomic E-state index is 14.6. The number of halogens is 2. The Morgan fingerprint density at radius 1 is 1.06 bits per heavy atom. The van der Waals surface area contributed by atoms with Gasteiger partial charge in [-0.25, -0.2) is 13.8 Å². The number of likely N-dealkylation sites (tertiary alicyclic amines) is 1. The van der Waals surface area contributed by atoms with E-state index in [4.69, 9.17) is 9.97 Å². The van der Waals surface area contributed by atoms with Crippen molar-refractivity contribution < 1.29 is 13.6 Å². The summed E-state index contributed by atoms with van der Waals surface area (Å²) in [6.07, 6.45) is 9.82. The van der Waals surface area contributed by atoms with E-state index in [1.807, 2.05) is 6.07 Å². The zero-order valence-corrected chi connectivity index (χ0v) is 20.0. The monoisotopic (exact) mass is 485 g/mol. The standard InChI is InChI=1S/C25H33F2N7O/c26-25(27)14-20(23(35)33-11-4-1-5-12-33)34(15-25)24-28-18-10-6-9-17(18)22(30-24)29-21-13-19(31-32-21)16-7-2-3-8-16/h13,16,20H,1-12,14-15H2,(H2,28,29,30,31,32)/t20-/m0/s1. The Balaban J connectivity index is 1.29. The summed E-state index contributed by atoms with van der Waals surface area (Å²) >= 11 is 0. The van der Waals surface area contributed by atoms with E-state index in [9.17, 15) is 13.6 Å². The Hall–Kier alpha value is -2.78. The van der Waals surface area contributed by atoms with Crippen LogP contribution >= 0.6 is 0 Å². The zero-order chi connectivity index (χ0) is 24.0. The lowest BCUT2D eigenvalue weighted by Crippen LogP contribution is -2.48. The molecule has 2 aliphatic heterocycles. The van der Waals surface area contributed by atoms with Gasteiger partial charge in [0, 0.05) is 42.8 Å². The number of nitrogens with zero attached hydrogens (tertiary/aromatic N) is 5. The number of carbonyl (C=O) groups excluding carboxylic acids is 1. The van der Waals surface area contributed by atoms with Crippen LogP contribution in [0.3, 0.4) is 0 Å². The van der Waals surface area contributed by atoms with Crippen molar-refractivity contribution in [2.45, 2.75) is 88.5 Å². The minimum Gasteiger partial charge on any atom is -0.341 e. The largest absolute Gasteiger partial charge is 0.341 e. The van der Waals surface area contributed by atoms with Gasteiger partial charge in [0.2, 0.25) is 11.9 Å². The molecule has 8 nitrogen and oxygen atoms in total. The second-order valence-corrected chi connectivity index (χ2v) is 10.6. The topological polar surface area (TPSA) is 90.0 Å². The lowest BCUT2D eigenvalue weighted by atomic mass is 10.0. The number of H-pyrrole nitrogens is 1. The summed E-state index contributed by atoms with van der Waals surface area (Å²) < 4.78 is 29.3. The molecule has 2 aromatic heterocycles. The fourth-order valence-corrected chi connectivity index (χ4v) is 6.19. The number of carbonyl (C=O) groups is 1. The van der Waals surface area contributed by atoms with Crippen LogP contribution in [0, 0.1) is 0 Å². The van der Waals surface area contributed by atoms with Gasteiger partial charge in [-0.15, -0.1) is 0 Å². The van der Waals surface area contributed by atoms with Crippen LogP contribution in [0.5, 0.6) is 0 Å². The molecule has 2 aliphatic carbocycles. The van der Waals surface area contributed by atoms with Gasteiger partial charge in [0.15, 0.2) is 5.82 Å². The molecule has 1 atom stereocenters. The summed E-state index contributed by atoms with van der Waals surface area (Å²) in [7, 11) is 0. The summed E-state index contributed by atoms with van der Waals surface area (Å²) in [6, 6.07) is 1.10. The molecule has 1 saturated carbocycles. The van der Waals surface area contributed by atoms with Crippen LogP contribution in [0.15, 0.2) is 6.07 Å². The summed E-state index contributed by atoms with van der Waals surface area (Å²) in [5, 5.41) is 10.9. The smallest absolute Gasteiger partial charge is 0.267 e. The highest BCUT2D eigenvalue weighted by Gasteiger charge is 2.50. The van der Waals surface area contributed by atoms with Crippen molar-refractivity contribution in [3.8, 4) is 0 Å². The highest BCUT2D eigenvalue weighted by molar-refractivity contribution is 5.86. The second kappa shape index (κ2) is 9.02. The molecule has 4 heterocycles. The molecule has 0 unspecified atom stereocenters. The summed E-state index contributed by atoms with van der Waals surface area (Å²) in [6.45, 7) is 0.730. The van der Waals surface area contributed by atoms with Crippen LogP contribution in [-0.2, 0) is 17.6 Å². The van der Waals surface area contributed by atoms with Crippen LogP contribution < -0.4 is 10.2 Å². The zero-order valence-electron chi connectivity index (χ0n) is 20.0. The number of hydrogen-bond donors (Lipinski definition) is 2. The van der Waals surface area contributed by atoms with Crippen LogP contribution in [0.25, 0.3) is 0 Å². The van der Waals surface area contributed by atoms with E-state index in [1.165, 1.54) is 30.6 Å². The van der Waals surface area contributed by atoms with Crippen LogP contribution in [-0.4, -0.2) is 62.6 Å². The van der Waals surface area contributed by atoms with E-state index < -0.39 is 24.9 Å². The van der Waals surface area contributed by atoms with Crippen molar-refractivity contribution in [2.75, 3.05) is 29.9 Å². The molecule has 3 fully saturated rings. The van der Waals surface area contributed by atoms with Crippen molar-refractivity contribution in [3.05, 3.63) is 23.0 Å². The van der Waals surface area contributed by atoms with Gasteiger partial charge >= 0.3 is 0 Å². The van der Waals surface area contributed by atoms with Gasteiger partial charge in [0.25, 0.3) is 5.92 Å². The third kappa shape index (κ3) is 4.47. The molecule has 35 heavy (non-hydrogen) atoms. The Kier molecular flexibility index (Phi) is 5.84. The predicted octanol–water partition coefficient (Wildman–Crippen LogP) is 4.32. The molecule has 1 amide bonds. The lowest BCUT2D eigenvalue weighted by molar-refractivity contribution is -0.134. The second-order valence-electron chi connectivity index (χ2n) is 10.6. The van der Waals surface area contributed by atoms with E-state index in [0.29, 0.717) is 30.6 Å². The first kappa shape index (κ1) is 22.7. The van der Waals surface area contributed by atoms with Crippen LogP contribution in [0.4, 0.5) is 26.4 Å². The number of alkyl halides is 2. The quantitative estimate of drug-likeness (QED) is 0.656. The van der Waals surface area contributed by atoms with Gasteiger partial charge in [-0.1, -0.05) is 12.8 Å². The van der Waals surface area contributed by atoms with Gasteiger partial charge in [0.1, 0.15) is 11.9 Å². The van der Waals surface area contributed by atoms with Gasteiger partial charge in [-0.05, 0) is 51.4 Å². The van der Waals surface area contributed by atoms with Crippen molar-refractivity contribution in [2.24, 2.45) is 0 Å². The van der Waals surface area contributed by atoms with Crippen LogP contribution in [0.1, 0.15) is 80.7 Å². The number of piperidine rings is 1. The first-order chi connectivity index (χ1) is 17.0. The number of aromatic amines is 1. The Labute approximate surface area is 203 Å². The number of amides is 1. The van der Waals surface area contributed by atoms with E-state index in [1.54, 1.807) is 4.90 Å². The van der Waals surface area contributed by atoms with E-state index in [-0.39, 0.29) is 11.9 Å². The van der Waals surface area contributed by atoms with E-state index in [0.717, 1.165) is 55.5 Å². The van der Waals surface area contributed by atoms with Crippen molar-refractivity contribution in [3.63, 3.8) is 0 Å². The lowest BCUT2D eigenvalue weighted by Gasteiger charge is -2.32. The average Bonchev–Trinajstić information content (AvgIpc) is 3.65. The summed E-state index contributed by atoms with van der Waals surface area (Å²) in [5.74, 6) is -1.16. The Morgan fingerprint density at radius 2 is 1.86 bits per heavy atom. The average molecular weight is 486 g/mol. The number of aryl methyl sites for hydroxylation is 1. The van der Waals surface area contributed by atoms with Crippen molar-refractivity contribution in [1.82, 2.24) is 25.1 Å². The number of anilines is 3. The molecule has 2 N–H and O–H groups in total. The molecule has 188 valence electrons. The van der Waals surface area contributed by atoms with Gasteiger partial charge in [-0.2, -0.15) is 10.1 Å². The molecular weight excluding hydrogens is 452 g/mol. The molecule has 2 saturated heterocycles. The molecule has 0 radical (unpaired) electrons. The van der Waals surface area contributed by atoms with Gasteiger partial charge < -0.3 is 15.1 Å². The number of nitrogens with one attached hydrogen (secondary N) is 2. The van der Waals surface area contributed by atoms with Crippen molar-refractivity contribution in [1.29, 1.82) is 0 Å². The number of rotatable bonds is 5. The summed E-state index contributed by atoms with van der Waals surface area (Å²) in [5.41, 5.74) is 3.02. The molecule has 0 bridgehead atoms. The molecule has 4 aliphatic rings. The van der Waals surface area contributed by atoms with E-state index in [2.05, 4.69) is 15.5 Å². The number of fused-ring (bicyclic) bond motifs is 1. The molecular formula is C25H33F2N7O. The maximum absolute atomic E-state index is 14.6. The minimum absolute atomic E-state index is 0.215. The Bertz CT molecular complexity index is 1090. The third-order valence-corrected chi connectivity index (χ3v) is 8.04. The minimum atomic E-state index is -2.95. The third-order valence-electron chi connectivity index (χ3n) is 8.04. The van der Waals surface area contributed by atoms with E-state index >= 15 is 0 Å². The normalized spacial score (nSPS) is 24.2. The molecule has 0 aromatic carbocycles. The first-order valence-electron chi connectivity index (χ1n) is 13.1. The fourth-order valence-electron chi connectivity index (χ4n) is 6.19. The fraction of sp³-hybridized carbons (Fsp3) is 0.680.